The molecule has 0 radical (unpaired) electrons. The summed E-state index contributed by atoms with van der Waals surface area (Å²) >= 11 is 7.28. The smallest absolute Gasteiger partial charge is 0.293 e. The van der Waals surface area contributed by atoms with E-state index in [2.05, 4.69) is 10.3 Å². The highest BCUT2D eigenvalue weighted by Gasteiger charge is 2.15. The van der Waals surface area contributed by atoms with E-state index in [0.717, 1.165) is 10.4 Å². The van der Waals surface area contributed by atoms with Gasteiger partial charge in [0.25, 0.3) is 11.6 Å². The molecule has 2 aromatic heterocycles. The standard InChI is InChI=1S/C21H14ClN3O4S/c22-15-5-1-13(2-6-15)11-17-12-23-21(30-17)24-20(26)19-10-9-18(29-19)14-3-7-16(8-4-14)25(27)28/h1-10,12H,11H2,(H,23,24,26). The first kappa shape index (κ1) is 19.8. The van der Waals surface area contributed by atoms with Crippen LogP contribution < -0.4 is 5.32 Å². The van der Waals surface area contributed by atoms with Crippen LogP contribution in [0.5, 0.6) is 0 Å². The average Bonchev–Trinajstić information content (AvgIpc) is 3.40. The fourth-order valence-electron chi connectivity index (χ4n) is 2.77. The van der Waals surface area contributed by atoms with Gasteiger partial charge in [0.2, 0.25) is 0 Å². The summed E-state index contributed by atoms with van der Waals surface area (Å²) in [5, 5.41) is 14.6. The van der Waals surface area contributed by atoms with Crippen molar-refractivity contribution < 1.29 is 14.1 Å². The van der Waals surface area contributed by atoms with Gasteiger partial charge >= 0.3 is 0 Å². The molecule has 30 heavy (non-hydrogen) atoms. The number of hydrogen-bond donors (Lipinski definition) is 1. The molecular weight excluding hydrogens is 426 g/mol. The van der Waals surface area contributed by atoms with Crippen molar-refractivity contribution in [1.82, 2.24) is 4.98 Å². The quantitative estimate of drug-likeness (QED) is 0.302. The Bertz CT molecular complexity index is 1200. The Morgan fingerprint density at radius 1 is 1.10 bits per heavy atom. The molecule has 1 amide bonds. The van der Waals surface area contributed by atoms with Gasteiger partial charge in [0.05, 0.1) is 4.92 Å². The predicted octanol–water partition coefficient (Wildman–Crippen LogP) is 5.81. The summed E-state index contributed by atoms with van der Waals surface area (Å²) in [6, 6.07) is 16.7. The van der Waals surface area contributed by atoms with E-state index in [-0.39, 0.29) is 11.4 Å². The van der Waals surface area contributed by atoms with E-state index >= 15 is 0 Å². The molecule has 4 rings (SSSR count). The fraction of sp³-hybridized carbons (Fsp3) is 0.0476. The molecule has 0 fully saturated rings. The Morgan fingerprint density at radius 2 is 1.83 bits per heavy atom. The summed E-state index contributed by atoms with van der Waals surface area (Å²) in [5.74, 6) is 0.144. The van der Waals surface area contributed by atoms with E-state index in [1.165, 1.54) is 23.5 Å². The second-order valence-electron chi connectivity index (χ2n) is 6.36. The molecule has 2 aromatic carbocycles. The van der Waals surface area contributed by atoms with Crippen LogP contribution >= 0.6 is 22.9 Å². The van der Waals surface area contributed by atoms with Gasteiger partial charge in [-0.05, 0) is 42.0 Å². The molecule has 0 spiro atoms. The number of nitrogens with one attached hydrogen (secondary N) is 1. The van der Waals surface area contributed by atoms with Gasteiger partial charge < -0.3 is 4.42 Å². The third-order valence-electron chi connectivity index (χ3n) is 4.26. The average molecular weight is 440 g/mol. The molecule has 0 bridgehead atoms. The summed E-state index contributed by atoms with van der Waals surface area (Å²) < 4.78 is 5.60. The molecule has 9 heteroatoms. The Labute approximate surface area is 180 Å². The van der Waals surface area contributed by atoms with Crippen LogP contribution in [0.4, 0.5) is 10.8 Å². The van der Waals surface area contributed by atoms with Gasteiger partial charge in [0.1, 0.15) is 5.76 Å². The second-order valence-corrected chi connectivity index (χ2v) is 7.91. The molecule has 0 unspecified atom stereocenters. The van der Waals surface area contributed by atoms with E-state index in [0.29, 0.717) is 27.9 Å². The lowest BCUT2D eigenvalue weighted by Crippen LogP contribution is -2.10. The lowest BCUT2D eigenvalue weighted by Gasteiger charge is -2.00. The first-order valence-electron chi connectivity index (χ1n) is 8.83. The van der Waals surface area contributed by atoms with Crippen molar-refractivity contribution >= 4 is 39.7 Å². The molecule has 2 heterocycles. The first-order valence-corrected chi connectivity index (χ1v) is 10.0. The van der Waals surface area contributed by atoms with Gasteiger partial charge in [0.15, 0.2) is 10.9 Å². The molecular formula is C21H14ClN3O4S. The topological polar surface area (TPSA) is 98.3 Å². The normalized spacial score (nSPS) is 10.7. The van der Waals surface area contributed by atoms with Crippen molar-refractivity contribution in [3.8, 4) is 11.3 Å². The molecule has 0 saturated carbocycles. The maximum Gasteiger partial charge on any atom is 0.293 e. The number of carbonyl (C=O) groups excluding carboxylic acids is 1. The number of amides is 1. The summed E-state index contributed by atoms with van der Waals surface area (Å²) in [7, 11) is 0. The highest BCUT2D eigenvalue weighted by Crippen LogP contribution is 2.26. The van der Waals surface area contributed by atoms with E-state index in [9.17, 15) is 14.9 Å². The van der Waals surface area contributed by atoms with Crippen LogP contribution in [0.15, 0.2) is 71.3 Å². The third-order valence-corrected chi connectivity index (χ3v) is 5.42. The first-order chi connectivity index (χ1) is 14.5. The predicted molar refractivity (Wildman–Crippen MR) is 115 cm³/mol. The minimum Gasteiger partial charge on any atom is -0.451 e. The lowest BCUT2D eigenvalue weighted by atomic mass is 10.1. The molecule has 1 N–H and O–H groups in total. The molecule has 0 atom stereocenters. The number of carbonyl (C=O) groups is 1. The van der Waals surface area contributed by atoms with Crippen molar-refractivity contribution in [3.05, 3.63) is 98.2 Å². The van der Waals surface area contributed by atoms with Gasteiger partial charge in [-0.3, -0.25) is 20.2 Å². The minimum absolute atomic E-state index is 0.0125. The number of aromatic nitrogens is 1. The van der Waals surface area contributed by atoms with Crippen LogP contribution in [-0.2, 0) is 6.42 Å². The Morgan fingerprint density at radius 3 is 2.53 bits per heavy atom. The molecule has 0 aliphatic rings. The number of benzene rings is 2. The number of nitro groups is 1. The zero-order valence-corrected chi connectivity index (χ0v) is 16.9. The fourth-order valence-corrected chi connectivity index (χ4v) is 3.74. The van der Waals surface area contributed by atoms with E-state index in [1.807, 2.05) is 24.3 Å². The van der Waals surface area contributed by atoms with Crippen molar-refractivity contribution in [2.45, 2.75) is 6.42 Å². The number of nitro benzene ring substituents is 1. The van der Waals surface area contributed by atoms with Crippen molar-refractivity contribution in [2.24, 2.45) is 0 Å². The van der Waals surface area contributed by atoms with Gasteiger partial charge in [0, 0.05) is 40.2 Å². The maximum atomic E-state index is 12.5. The van der Waals surface area contributed by atoms with Crippen LogP contribution in [0.25, 0.3) is 11.3 Å². The largest absolute Gasteiger partial charge is 0.451 e. The van der Waals surface area contributed by atoms with Gasteiger partial charge in [-0.25, -0.2) is 4.98 Å². The SMILES string of the molecule is O=C(Nc1ncc(Cc2ccc(Cl)cc2)s1)c1ccc(-c2ccc([N+](=O)[O-])cc2)o1. The molecule has 7 nitrogen and oxygen atoms in total. The summed E-state index contributed by atoms with van der Waals surface area (Å²) in [4.78, 5) is 28.0. The Balaban J connectivity index is 1.41. The minimum atomic E-state index is -0.472. The molecule has 4 aromatic rings. The monoisotopic (exact) mass is 439 g/mol. The van der Waals surface area contributed by atoms with E-state index < -0.39 is 10.8 Å². The lowest BCUT2D eigenvalue weighted by molar-refractivity contribution is -0.384. The molecule has 0 aliphatic carbocycles. The van der Waals surface area contributed by atoms with Crippen LogP contribution in [-0.4, -0.2) is 15.8 Å². The molecule has 0 saturated heterocycles. The van der Waals surface area contributed by atoms with Gasteiger partial charge in [-0.2, -0.15) is 0 Å². The van der Waals surface area contributed by atoms with Crippen molar-refractivity contribution in [1.29, 1.82) is 0 Å². The van der Waals surface area contributed by atoms with Gasteiger partial charge in [-0.15, -0.1) is 11.3 Å². The molecule has 0 aliphatic heterocycles. The number of furan rings is 1. The van der Waals surface area contributed by atoms with Crippen LogP contribution in [0.3, 0.4) is 0 Å². The van der Waals surface area contributed by atoms with E-state index in [4.69, 9.17) is 16.0 Å². The van der Waals surface area contributed by atoms with Crippen LogP contribution in [0, 0.1) is 10.1 Å². The van der Waals surface area contributed by atoms with Gasteiger partial charge in [-0.1, -0.05) is 23.7 Å². The number of anilines is 1. The van der Waals surface area contributed by atoms with Crippen molar-refractivity contribution in [2.75, 3.05) is 5.32 Å². The second kappa shape index (κ2) is 8.48. The van der Waals surface area contributed by atoms with E-state index in [1.54, 1.807) is 30.5 Å². The number of non-ortho nitro benzene ring substituents is 1. The number of nitrogens with zero attached hydrogens (tertiary/aromatic N) is 2. The highest BCUT2D eigenvalue weighted by atomic mass is 35.5. The van der Waals surface area contributed by atoms with Crippen LogP contribution in [0.1, 0.15) is 21.0 Å². The zero-order chi connectivity index (χ0) is 21.1. The number of rotatable bonds is 6. The Hall–Kier alpha value is -3.49. The third kappa shape index (κ3) is 4.56. The number of thiazole rings is 1. The Kier molecular flexibility index (Phi) is 5.60. The summed E-state index contributed by atoms with van der Waals surface area (Å²) in [6.45, 7) is 0. The number of hydrogen-bond acceptors (Lipinski definition) is 6. The maximum absolute atomic E-state index is 12.5. The zero-order valence-electron chi connectivity index (χ0n) is 15.4. The summed E-state index contributed by atoms with van der Waals surface area (Å²) in [5.41, 5.74) is 1.72. The number of halogens is 1. The summed E-state index contributed by atoms with van der Waals surface area (Å²) in [6.07, 6.45) is 2.41. The van der Waals surface area contributed by atoms with Crippen LogP contribution in [0.2, 0.25) is 5.02 Å². The van der Waals surface area contributed by atoms with Crippen molar-refractivity contribution in [3.63, 3.8) is 0 Å². The molecule has 150 valence electrons. The highest BCUT2D eigenvalue weighted by molar-refractivity contribution is 7.15.